The zero-order valence-corrected chi connectivity index (χ0v) is 10.4. The van der Waals surface area contributed by atoms with Gasteiger partial charge in [-0.1, -0.05) is 23.7 Å². The van der Waals surface area contributed by atoms with Gasteiger partial charge in [-0.25, -0.2) is 4.39 Å². The topological polar surface area (TPSA) is 53.8 Å². The number of carbonyl (C=O) groups is 1. The molecule has 1 unspecified atom stereocenters. The summed E-state index contributed by atoms with van der Waals surface area (Å²) in [5.41, 5.74) is 0.300. The molecule has 0 aliphatic heterocycles. The summed E-state index contributed by atoms with van der Waals surface area (Å²) in [6, 6.07) is 10.7. The van der Waals surface area contributed by atoms with Crippen LogP contribution in [0, 0.1) is 17.1 Å². The molecule has 0 bridgehead atoms. The Hall–Kier alpha value is -2.25. The van der Waals surface area contributed by atoms with E-state index < -0.39 is 17.5 Å². The van der Waals surface area contributed by atoms with E-state index in [0.717, 1.165) is 6.07 Å². The number of nitriles is 1. The highest BCUT2D eigenvalue weighted by atomic mass is 35.5. The highest BCUT2D eigenvalue weighted by Gasteiger charge is 2.25. The minimum absolute atomic E-state index is 0.0149. The van der Waals surface area contributed by atoms with Gasteiger partial charge in [0, 0.05) is 11.8 Å². The fourth-order valence-corrected chi connectivity index (χ4v) is 1.87. The minimum Gasteiger partial charge on any atom is -0.292 e. The second kappa shape index (κ2) is 5.59. The van der Waals surface area contributed by atoms with Gasteiger partial charge in [0.15, 0.2) is 11.7 Å². The number of nitrogens with zero attached hydrogens (tertiary/aromatic N) is 2. The Morgan fingerprint density at radius 3 is 2.74 bits per heavy atom. The van der Waals surface area contributed by atoms with E-state index in [9.17, 15) is 9.18 Å². The highest BCUT2D eigenvalue weighted by molar-refractivity contribution is 6.34. The Morgan fingerprint density at radius 2 is 2.11 bits per heavy atom. The van der Waals surface area contributed by atoms with E-state index in [1.807, 2.05) is 6.07 Å². The van der Waals surface area contributed by atoms with E-state index >= 15 is 0 Å². The van der Waals surface area contributed by atoms with Crippen molar-refractivity contribution in [2.45, 2.75) is 5.92 Å². The lowest BCUT2D eigenvalue weighted by Gasteiger charge is -2.09. The van der Waals surface area contributed by atoms with Crippen molar-refractivity contribution in [2.24, 2.45) is 0 Å². The Balaban J connectivity index is 2.43. The fourth-order valence-electron chi connectivity index (χ4n) is 1.66. The van der Waals surface area contributed by atoms with E-state index in [-0.39, 0.29) is 10.6 Å². The standard InChI is InChI=1S/C14H8ClFN2O/c15-13-9(4-3-5-11(13)16)14(19)10(8-17)12-6-1-2-7-18-12/h1-7,10H. The molecule has 3 nitrogen and oxygen atoms in total. The smallest absolute Gasteiger partial charge is 0.187 e. The number of aromatic nitrogens is 1. The van der Waals surface area contributed by atoms with Gasteiger partial charge in [0.25, 0.3) is 0 Å². The second-order valence-electron chi connectivity index (χ2n) is 3.78. The summed E-state index contributed by atoms with van der Waals surface area (Å²) in [6.07, 6.45) is 1.49. The number of carbonyl (C=O) groups excluding carboxylic acids is 1. The van der Waals surface area contributed by atoms with Crippen LogP contribution in [-0.4, -0.2) is 10.8 Å². The molecule has 0 fully saturated rings. The Kier molecular flexibility index (Phi) is 3.88. The lowest BCUT2D eigenvalue weighted by molar-refractivity contribution is 0.0977. The summed E-state index contributed by atoms with van der Waals surface area (Å²) < 4.78 is 13.3. The van der Waals surface area contributed by atoms with Gasteiger partial charge in [0.05, 0.1) is 16.8 Å². The average Bonchev–Trinajstić information content (AvgIpc) is 2.44. The van der Waals surface area contributed by atoms with Gasteiger partial charge in [0.1, 0.15) is 5.82 Å². The Labute approximate surface area is 114 Å². The van der Waals surface area contributed by atoms with Crippen molar-refractivity contribution in [1.29, 1.82) is 5.26 Å². The van der Waals surface area contributed by atoms with Gasteiger partial charge in [-0.15, -0.1) is 0 Å². The monoisotopic (exact) mass is 274 g/mol. The van der Waals surface area contributed by atoms with Crippen molar-refractivity contribution in [3.63, 3.8) is 0 Å². The average molecular weight is 275 g/mol. The summed E-state index contributed by atoms with van der Waals surface area (Å²) in [5.74, 6) is -2.35. The molecule has 19 heavy (non-hydrogen) atoms. The molecule has 1 aromatic heterocycles. The summed E-state index contributed by atoms with van der Waals surface area (Å²) >= 11 is 5.75. The van der Waals surface area contributed by atoms with Gasteiger partial charge in [-0.3, -0.25) is 9.78 Å². The van der Waals surface area contributed by atoms with Crippen LogP contribution >= 0.6 is 11.6 Å². The first kappa shape index (κ1) is 13.2. The van der Waals surface area contributed by atoms with Crippen molar-refractivity contribution in [2.75, 3.05) is 0 Å². The van der Waals surface area contributed by atoms with Crippen molar-refractivity contribution in [3.05, 3.63) is 64.7 Å². The van der Waals surface area contributed by atoms with E-state index in [2.05, 4.69) is 4.98 Å². The number of rotatable bonds is 3. The van der Waals surface area contributed by atoms with E-state index in [1.165, 1.54) is 18.3 Å². The number of hydrogen-bond donors (Lipinski definition) is 0. The van der Waals surface area contributed by atoms with Gasteiger partial charge >= 0.3 is 0 Å². The number of halogens is 2. The Morgan fingerprint density at radius 1 is 1.32 bits per heavy atom. The van der Waals surface area contributed by atoms with Gasteiger partial charge in [0.2, 0.25) is 0 Å². The molecule has 1 heterocycles. The molecular formula is C14H8ClFN2O. The van der Waals surface area contributed by atoms with Gasteiger partial charge in [-0.2, -0.15) is 5.26 Å². The molecular weight excluding hydrogens is 267 g/mol. The summed E-state index contributed by atoms with van der Waals surface area (Å²) in [6.45, 7) is 0. The molecule has 0 amide bonds. The lowest BCUT2D eigenvalue weighted by Crippen LogP contribution is -2.13. The molecule has 1 atom stereocenters. The van der Waals surface area contributed by atoms with Crippen LogP contribution in [0.2, 0.25) is 5.02 Å². The molecule has 0 saturated heterocycles. The summed E-state index contributed by atoms with van der Waals surface area (Å²) in [7, 11) is 0. The predicted octanol–water partition coefficient (Wildman–Crippen LogP) is 3.36. The van der Waals surface area contributed by atoms with Crippen LogP contribution in [0.1, 0.15) is 22.0 Å². The number of benzene rings is 1. The van der Waals surface area contributed by atoms with E-state index in [1.54, 1.807) is 18.2 Å². The fraction of sp³-hybridized carbons (Fsp3) is 0.0714. The first-order chi connectivity index (χ1) is 9.15. The molecule has 5 heteroatoms. The maximum absolute atomic E-state index is 13.3. The van der Waals surface area contributed by atoms with Crippen LogP contribution < -0.4 is 0 Å². The van der Waals surface area contributed by atoms with Crippen molar-refractivity contribution in [3.8, 4) is 6.07 Å². The predicted molar refractivity (Wildman–Crippen MR) is 68.3 cm³/mol. The molecule has 0 spiro atoms. The number of Topliss-reactive ketones (excluding diaryl/α,β-unsaturated/α-hetero) is 1. The minimum atomic E-state index is -1.10. The normalized spacial score (nSPS) is 11.6. The van der Waals surface area contributed by atoms with Crippen LogP contribution in [0.4, 0.5) is 4.39 Å². The first-order valence-electron chi connectivity index (χ1n) is 5.44. The largest absolute Gasteiger partial charge is 0.292 e. The molecule has 94 valence electrons. The lowest BCUT2D eigenvalue weighted by atomic mass is 9.95. The SMILES string of the molecule is N#CC(C(=O)c1cccc(F)c1Cl)c1ccccn1. The maximum Gasteiger partial charge on any atom is 0.187 e. The molecule has 2 aromatic rings. The molecule has 1 aromatic carbocycles. The highest BCUT2D eigenvalue weighted by Crippen LogP contribution is 2.25. The maximum atomic E-state index is 13.3. The number of hydrogen-bond acceptors (Lipinski definition) is 3. The van der Waals surface area contributed by atoms with Crippen LogP contribution in [0.25, 0.3) is 0 Å². The molecule has 0 aliphatic rings. The Bertz CT molecular complexity index is 652. The van der Waals surface area contributed by atoms with Crippen LogP contribution in [0.15, 0.2) is 42.6 Å². The van der Waals surface area contributed by atoms with Crippen LogP contribution in [0.5, 0.6) is 0 Å². The molecule has 0 N–H and O–H groups in total. The zero-order chi connectivity index (χ0) is 13.8. The third kappa shape index (κ3) is 2.61. The molecule has 0 saturated carbocycles. The quantitative estimate of drug-likeness (QED) is 0.807. The van der Waals surface area contributed by atoms with E-state index in [0.29, 0.717) is 5.69 Å². The summed E-state index contributed by atoms with van der Waals surface area (Å²) in [5, 5.41) is 8.85. The molecule has 0 radical (unpaired) electrons. The van der Waals surface area contributed by atoms with E-state index in [4.69, 9.17) is 16.9 Å². The zero-order valence-electron chi connectivity index (χ0n) is 9.68. The number of pyridine rings is 1. The first-order valence-corrected chi connectivity index (χ1v) is 5.81. The van der Waals surface area contributed by atoms with Crippen molar-refractivity contribution >= 4 is 17.4 Å². The third-order valence-electron chi connectivity index (χ3n) is 2.59. The summed E-state index contributed by atoms with van der Waals surface area (Å²) in [4.78, 5) is 16.2. The van der Waals surface area contributed by atoms with Gasteiger partial charge < -0.3 is 0 Å². The van der Waals surface area contributed by atoms with Crippen molar-refractivity contribution in [1.82, 2.24) is 4.98 Å². The van der Waals surface area contributed by atoms with Crippen LogP contribution in [-0.2, 0) is 0 Å². The van der Waals surface area contributed by atoms with Gasteiger partial charge in [-0.05, 0) is 24.3 Å². The van der Waals surface area contributed by atoms with Crippen LogP contribution in [0.3, 0.4) is 0 Å². The molecule has 0 aliphatic carbocycles. The second-order valence-corrected chi connectivity index (χ2v) is 4.16. The third-order valence-corrected chi connectivity index (χ3v) is 2.98. The number of ketones is 1. The molecule has 2 rings (SSSR count). The van der Waals surface area contributed by atoms with Crippen molar-refractivity contribution < 1.29 is 9.18 Å².